The highest BCUT2D eigenvalue weighted by Gasteiger charge is 2.14. The highest BCUT2D eigenvalue weighted by Crippen LogP contribution is 2.18. The Balaban J connectivity index is 1.75. The first kappa shape index (κ1) is 14.6. The maximum absolute atomic E-state index is 12.4. The second-order valence-electron chi connectivity index (χ2n) is 5.75. The third kappa shape index (κ3) is 3.45. The number of pyridine rings is 1. The van der Waals surface area contributed by atoms with Crippen molar-refractivity contribution in [2.45, 2.75) is 26.2 Å². The second kappa shape index (κ2) is 6.60. The van der Waals surface area contributed by atoms with Crippen LogP contribution in [0.1, 0.15) is 35.3 Å². The van der Waals surface area contributed by atoms with Crippen molar-refractivity contribution in [3.63, 3.8) is 0 Å². The van der Waals surface area contributed by atoms with Crippen molar-refractivity contribution in [2.75, 3.05) is 23.3 Å². The van der Waals surface area contributed by atoms with E-state index in [1.165, 1.54) is 19.3 Å². The zero-order chi connectivity index (χ0) is 15.4. The topological polar surface area (TPSA) is 45.2 Å². The van der Waals surface area contributed by atoms with Gasteiger partial charge in [-0.05, 0) is 56.0 Å². The number of aromatic nitrogens is 1. The molecule has 0 spiro atoms. The summed E-state index contributed by atoms with van der Waals surface area (Å²) in [6.45, 7) is 4.05. The summed E-state index contributed by atoms with van der Waals surface area (Å²) < 4.78 is 0. The molecule has 1 aliphatic heterocycles. The van der Waals surface area contributed by atoms with Crippen LogP contribution in [0, 0.1) is 6.92 Å². The molecule has 1 N–H and O–H groups in total. The van der Waals surface area contributed by atoms with Crippen molar-refractivity contribution < 1.29 is 4.79 Å². The Kier molecular flexibility index (Phi) is 4.37. The van der Waals surface area contributed by atoms with Crippen LogP contribution < -0.4 is 10.2 Å². The second-order valence-corrected chi connectivity index (χ2v) is 5.75. The van der Waals surface area contributed by atoms with E-state index in [1.807, 2.05) is 43.3 Å². The van der Waals surface area contributed by atoms with Gasteiger partial charge >= 0.3 is 0 Å². The average molecular weight is 295 g/mol. The quantitative estimate of drug-likeness (QED) is 0.940. The molecule has 0 radical (unpaired) electrons. The highest BCUT2D eigenvalue weighted by atomic mass is 16.1. The summed E-state index contributed by atoms with van der Waals surface area (Å²) in [5.74, 6) is 0.737. The van der Waals surface area contributed by atoms with Crippen LogP contribution in [0.5, 0.6) is 0 Å². The molecule has 1 aromatic heterocycles. The highest BCUT2D eigenvalue weighted by molar-refractivity contribution is 6.03. The molecule has 0 aliphatic carbocycles. The van der Waals surface area contributed by atoms with Crippen molar-refractivity contribution >= 4 is 17.4 Å². The molecule has 1 aromatic carbocycles. The zero-order valence-electron chi connectivity index (χ0n) is 12.9. The summed E-state index contributed by atoms with van der Waals surface area (Å²) in [6, 6.07) is 13.4. The Morgan fingerprint density at radius 2 is 1.86 bits per heavy atom. The number of hydrogen-bond donors (Lipinski definition) is 1. The number of amides is 1. The van der Waals surface area contributed by atoms with E-state index < -0.39 is 0 Å². The number of nitrogens with zero attached hydrogens (tertiary/aromatic N) is 2. The molecule has 4 nitrogen and oxygen atoms in total. The van der Waals surface area contributed by atoms with E-state index in [9.17, 15) is 4.79 Å². The van der Waals surface area contributed by atoms with Crippen LogP contribution in [0.2, 0.25) is 0 Å². The minimum absolute atomic E-state index is 0.163. The van der Waals surface area contributed by atoms with Crippen LogP contribution >= 0.6 is 0 Å². The Morgan fingerprint density at radius 1 is 1.09 bits per heavy atom. The molecule has 1 aliphatic rings. The number of anilines is 2. The Labute approximate surface area is 131 Å². The van der Waals surface area contributed by atoms with Crippen LogP contribution in [0.3, 0.4) is 0 Å². The van der Waals surface area contributed by atoms with Gasteiger partial charge in [-0.2, -0.15) is 0 Å². The Morgan fingerprint density at radius 3 is 2.64 bits per heavy atom. The number of aryl methyl sites for hydroxylation is 1. The normalized spacial score (nSPS) is 14.7. The van der Waals surface area contributed by atoms with Crippen LogP contribution in [0.25, 0.3) is 0 Å². The van der Waals surface area contributed by atoms with Crippen LogP contribution in [0.15, 0.2) is 42.5 Å². The fraction of sp³-hybridized carbons (Fsp3) is 0.333. The van der Waals surface area contributed by atoms with Gasteiger partial charge in [0.1, 0.15) is 11.5 Å². The molecular weight excluding hydrogens is 274 g/mol. The van der Waals surface area contributed by atoms with Gasteiger partial charge in [-0.3, -0.25) is 4.79 Å². The van der Waals surface area contributed by atoms with E-state index in [2.05, 4.69) is 15.2 Å². The molecule has 22 heavy (non-hydrogen) atoms. The third-order valence-corrected chi connectivity index (χ3v) is 3.92. The number of carbonyl (C=O) groups is 1. The molecule has 4 heteroatoms. The van der Waals surface area contributed by atoms with Crippen molar-refractivity contribution in [1.29, 1.82) is 0 Å². The van der Waals surface area contributed by atoms with E-state index in [0.717, 1.165) is 30.2 Å². The van der Waals surface area contributed by atoms with Gasteiger partial charge in [0.05, 0.1) is 0 Å². The first-order chi connectivity index (χ1) is 10.7. The summed E-state index contributed by atoms with van der Waals surface area (Å²) in [6.07, 6.45) is 3.67. The molecule has 0 saturated carbocycles. The molecule has 114 valence electrons. The van der Waals surface area contributed by atoms with Crippen molar-refractivity contribution in [3.8, 4) is 0 Å². The zero-order valence-corrected chi connectivity index (χ0v) is 12.9. The van der Waals surface area contributed by atoms with Gasteiger partial charge in [0.2, 0.25) is 0 Å². The van der Waals surface area contributed by atoms with E-state index in [0.29, 0.717) is 5.69 Å². The lowest BCUT2D eigenvalue weighted by molar-refractivity contribution is 0.102. The van der Waals surface area contributed by atoms with Crippen molar-refractivity contribution in [3.05, 3.63) is 53.7 Å². The van der Waals surface area contributed by atoms with Crippen LogP contribution in [-0.2, 0) is 0 Å². The van der Waals surface area contributed by atoms with Gasteiger partial charge in [0, 0.05) is 18.8 Å². The number of piperidine rings is 1. The number of carbonyl (C=O) groups excluding carboxylic acids is 1. The Bertz CT molecular complexity index is 663. The fourth-order valence-electron chi connectivity index (χ4n) is 2.77. The molecular formula is C18H21N3O. The predicted molar refractivity (Wildman–Crippen MR) is 89.4 cm³/mol. The summed E-state index contributed by atoms with van der Waals surface area (Å²) >= 11 is 0. The lowest BCUT2D eigenvalue weighted by Crippen LogP contribution is -2.30. The number of hydrogen-bond acceptors (Lipinski definition) is 3. The summed E-state index contributed by atoms with van der Waals surface area (Å²) in [4.78, 5) is 19.2. The van der Waals surface area contributed by atoms with Gasteiger partial charge in [-0.15, -0.1) is 0 Å². The van der Waals surface area contributed by atoms with Gasteiger partial charge in [-0.1, -0.05) is 18.2 Å². The number of nitrogens with one attached hydrogen (secondary N) is 1. The molecule has 1 saturated heterocycles. The van der Waals surface area contributed by atoms with Gasteiger partial charge in [0.25, 0.3) is 5.91 Å². The minimum Gasteiger partial charge on any atom is -0.357 e. The summed E-state index contributed by atoms with van der Waals surface area (Å²) in [5.41, 5.74) is 2.38. The third-order valence-electron chi connectivity index (χ3n) is 3.92. The first-order valence-electron chi connectivity index (χ1n) is 7.82. The monoisotopic (exact) mass is 295 g/mol. The maximum atomic E-state index is 12.4. The molecule has 0 bridgehead atoms. The van der Waals surface area contributed by atoms with Gasteiger partial charge < -0.3 is 10.2 Å². The fourth-order valence-corrected chi connectivity index (χ4v) is 2.77. The summed E-state index contributed by atoms with van der Waals surface area (Å²) in [7, 11) is 0. The molecule has 1 amide bonds. The molecule has 0 unspecified atom stereocenters. The number of rotatable bonds is 3. The Hall–Kier alpha value is -2.36. The van der Waals surface area contributed by atoms with Crippen LogP contribution in [-0.4, -0.2) is 24.0 Å². The lowest BCUT2D eigenvalue weighted by atomic mass is 10.1. The number of benzene rings is 1. The smallest absolute Gasteiger partial charge is 0.274 e. The van der Waals surface area contributed by atoms with E-state index in [1.54, 1.807) is 6.07 Å². The SMILES string of the molecule is Cc1cccc(NC(=O)c2cccc(N3CCCCC3)n2)c1. The molecule has 3 rings (SSSR count). The van der Waals surface area contributed by atoms with E-state index in [4.69, 9.17) is 0 Å². The molecule has 2 aromatic rings. The maximum Gasteiger partial charge on any atom is 0.274 e. The van der Waals surface area contributed by atoms with E-state index in [-0.39, 0.29) is 5.91 Å². The standard InChI is InChI=1S/C18H21N3O/c1-14-7-5-8-15(13-14)19-18(22)16-9-6-10-17(20-16)21-11-3-2-4-12-21/h5-10,13H,2-4,11-12H2,1H3,(H,19,22). The average Bonchev–Trinajstić information content (AvgIpc) is 2.56. The first-order valence-corrected chi connectivity index (χ1v) is 7.82. The largest absolute Gasteiger partial charge is 0.357 e. The lowest BCUT2D eigenvalue weighted by Gasteiger charge is -2.27. The molecule has 1 fully saturated rings. The molecule has 2 heterocycles. The van der Waals surface area contributed by atoms with E-state index >= 15 is 0 Å². The molecule has 0 atom stereocenters. The summed E-state index contributed by atoms with van der Waals surface area (Å²) in [5, 5.41) is 2.91. The predicted octanol–water partition coefficient (Wildman–Crippen LogP) is 3.63. The van der Waals surface area contributed by atoms with Crippen LogP contribution in [0.4, 0.5) is 11.5 Å². The van der Waals surface area contributed by atoms with Crippen molar-refractivity contribution in [1.82, 2.24) is 4.98 Å². The van der Waals surface area contributed by atoms with Gasteiger partial charge in [-0.25, -0.2) is 4.98 Å². The van der Waals surface area contributed by atoms with Crippen molar-refractivity contribution in [2.24, 2.45) is 0 Å². The minimum atomic E-state index is -0.163. The van der Waals surface area contributed by atoms with Gasteiger partial charge in [0.15, 0.2) is 0 Å².